The number of imidazole rings is 1. The Morgan fingerprint density at radius 3 is 2.70 bits per heavy atom. The van der Waals surface area contributed by atoms with Gasteiger partial charge in [0, 0.05) is 23.1 Å². The number of ether oxygens (including phenoxy) is 1. The molecule has 1 aliphatic carbocycles. The molecule has 0 bridgehead atoms. The number of H-pyrrole nitrogens is 1. The third-order valence-electron chi connectivity index (χ3n) is 7.42. The molecule has 1 saturated carbocycles. The van der Waals surface area contributed by atoms with Gasteiger partial charge < -0.3 is 9.72 Å². The van der Waals surface area contributed by atoms with E-state index in [2.05, 4.69) is 34.0 Å². The van der Waals surface area contributed by atoms with E-state index in [-0.39, 0.29) is 5.82 Å². The number of nitrogens with one attached hydrogen (secondary N) is 1. The number of rotatable bonds is 4. The van der Waals surface area contributed by atoms with Crippen molar-refractivity contribution in [3.63, 3.8) is 0 Å². The van der Waals surface area contributed by atoms with E-state index in [9.17, 15) is 4.39 Å². The van der Waals surface area contributed by atoms with Crippen molar-refractivity contribution >= 4 is 27.8 Å². The Bertz CT molecular complexity index is 1350. The van der Waals surface area contributed by atoms with Gasteiger partial charge >= 0.3 is 0 Å². The largest absolute Gasteiger partial charge is 0.476 e. The first-order valence-electron chi connectivity index (χ1n) is 11.9. The van der Waals surface area contributed by atoms with Crippen molar-refractivity contribution in [3.05, 3.63) is 71.4 Å². The average Bonchev–Trinajstić information content (AvgIpc) is 3.53. The molecule has 1 unspecified atom stereocenters. The summed E-state index contributed by atoms with van der Waals surface area (Å²) in [5, 5.41) is 0.956. The van der Waals surface area contributed by atoms with Gasteiger partial charge in [0.2, 0.25) is 5.90 Å². The lowest BCUT2D eigenvalue weighted by atomic mass is 9.73. The van der Waals surface area contributed by atoms with Gasteiger partial charge in [-0.25, -0.2) is 14.4 Å². The maximum absolute atomic E-state index is 13.9. The van der Waals surface area contributed by atoms with Crippen molar-refractivity contribution in [1.29, 1.82) is 0 Å². The molecule has 5 nitrogen and oxygen atoms in total. The van der Waals surface area contributed by atoms with Crippen molar-refractivity contribution in [2.45, 2.75) is 44.4 Å². The fourth-order valence-electron chi connectivity index (χ4n) is 5.54. The van der Waals surface area contributed by atoms with Crippen LogP contribution in [0.15, 0.2) is 53.7 Å². The minimum Gasteiger partial charge on any atom is -0.476 e. The molecule has 1 aliphatic heterocycles. The SMILES string of the molecule is CC(c1nc2ccc(C3=NCCO3)cc2[nH]1)C1CCC(c2ccnc3ccc(F)cc23)CC1. The van der Waals surface area contributed by atoms with Crippen LogP contribution in [0.3, 0.4) is 0 Å². The molecule has 4 aromatic rings. The summed E-state index contributed by atoms with van der Waals surface area (Å²) in [5.41, 5.74) is 5.13. The fraction of sp³-hybridized carbons (Fsp3) is 0.370. The Hall–Kier alpha value is -3.28. The third kappa shape index (κ3) is 3.77. The molecule has 0 radical (unpaired) electrons. The number of halogens is 1. The number of fused-ring (bicyclic) bond motifs is 2. The quantitative estimate of drug-likeness (QED) is 0.415. The summed E-state index contributed by atoms with van der Waals surface area (Å²) in [7, 11) is 0. The summed E-state index contributed by atoms with van der Waals surface area (Å²) in [6.45, 7) is 3.67. The molecule has 2 aliphatic rings. The average molecular weight is 443 g/mol. The number of pyridine rings is 1. The van der Waals surface area contributed by atoms with Gasteiger partial charge in [-0.2, -0.15) is 0 Å². The fourth-order valence-corrected chi connectivity index (χ4v) is 5.54. The standard InChI is InChI=1S/C27H27FN4O/c1-16(26-31-24-8-6-19(14-25(24)32-26)27-30-12-13-33-27)17-2-4-18(5-3-17)21-10-11-29-23-9-7-20(28)15-22(21)23/h6-11,14-18H,2-5,12-13H2,1H3,(H,31,32). The Kier molecular flexibility index (Phi) is 5.08. The first-order valence-corrected chi connectivity index (χ1v) is 11.9. The van der Waals surface area contributed by atoms with Gasteiger partial charge in [-0.3, -0.25) is 4.98 Å². The first kappa shape index (κ1) is 20.3. The van der Waals surface area contributed by atoms with Gasteiger partial charge in [-0.15, -0.1) is 0 Å². The minimum atomic E-state index is -0.196. The van der Waals surface area contributed by atoms with E-state index < -0.39 is 0 Å². The van der Waals surface area contributed by atoms with Crippen molar-refractivity contribution in [3.8, 4) is 0 Å². The Balaban J connectivity index is 1.19. The number of benzene rings is 2. The monoisotopic (exact) mass is 442 g/mol. The molecule has 6 heteroatoms. The van der Waals surface area contributed by atoms with E-state index in [1.165, 1.54) is 11.6 Å². The second-order valence-electron chi connectivity index (χ2n) is 9.35. The van der Waals surface area contributed by atoms with Gasteiger partial charge in [0.25, 0.3) is 0 Å². The summed E-state index contributed by atoms with van der Waals surface area (Å²) in [5.74, 6) is 2.96. The number of nitrogens with zero attached hydrogens (tertiary/aromatic N) is 3. The lowest BCUT2D eigenvalue weighted by Crippen LogP contribution is -2.19. The van der Waals surface area contributed by atoms with E-state index >= 15 is 0 Å². The van der Waals surface area contributed by atoms with Crippen molar-refractivity contribution in [1.82, 2.24) is 15.0 Å². The molecular weight excluding hydrogens is 415 g/mol. The zero-order valence-electron chi connectivity index (χ0n) is 18.7. The first-order chi connectivity index (χ1) is 16.2. The van der Waals surface area contributed by atoms with Gasteiger partial charge in [0.15, 0.2) is 0 Å². The van der Waals surface area contributed by atoms with Gasteiger partial charge in [0.1, 0.15) is 18.2 Å². The highest BCUT2D eigenvalue weighted by atomic mass is 19.1. The predicted octanol–water partition coefficient (Wildman–Crippen LogP) is 6.10. The van der Waals surface area contributed by atoms with Crippen molar-refractivity contribution in [2.24, 2.45) is 10.9 Å². The second-order valence-corrected chi connectivity index (χ2v) is 9.35. The van der Waals surface area contributed by atoms with Crippen LogP contribution in [0.5, 0.6) is 0 Å². The molecule has 0 amide bonds. The Labute approximate surface area is 192 Å². The number of hydrogen-bond donors (Lipinski definition) is 1. The molecule has 2 aromatic carbocycles. The maximum Gasteiger partial charge on any atom is 0.216 e. The zero-order chi connectivity index (χ0) is 22.4. The van der Waals surface area contributed by atoms with Crippen LogP contribution in [-0.2, 0) is 4.74 Å². The highest BCUT2D eigenvalue weighted by Crippen LogP contribution is 2.43. The lowest BCUT2D eigenvalue weighted by Gasteiger charge is -2.32. The molecule has 1 N–H and O–H groups in total. The van der Waals surface area contributed by atoms with Crippen LogP contribution in [0.1, 0.15) is 61.4 Å². The highest BCUT2D eigenvalue weighted by molar-refractivity contribution is 5.98. The van der Waals surface area contributed by atoms with Gasteiger partial charge in [-0.05, 0) is 85.5 Å². The Morgan fingerprint density at radius 2 is 1.88 bits per heavy atom. The number of aliphatic imine (C=N–C) groups is 1. The summed E-state index contributed by atoms with van der Waals surface area (Å²) < 4.78 is 19.5. The van der Waals surface area contributed by atoms with Crippen LogP contribution in [-0.4, -0.2) is 34.0 Å². The third-order valence-corrected chi connectivity index (χ3v) is 7.42. The molecule has 1 fully saturated rings. The van der Waals surface area contributed by atoms with Gasteiger partial charge in [0.05, 0.1) is 23.1 Å². The van der Waals surface area contributed by atoms with Crippen molar-refractivity contribution < 1.29 is 9.13 Å². The van der Waals surface area contributed by atoms with Crippen LogP contribution in [0, 0.1) is 11.7 Å². The summed E-state index contributed by atoms with van der Waals surface area (Å²) in [6.07, 6.45) is 6.34. The molecule has 168 valence electrons. The smallest absolute Gasteiger partial charge is 0.216 e. The van der Waals surface area contributed by atoms with Gasteiger partial charge in [-0.1, -0.05) is 6.92 Å². The van der Waals surface area contributed by atoms with E-state index in [1.54, 1.807) is 12.1 Å². The number of aromatic nitrogens is 3. The van der Waals surface area contributed by atoms with Crippen LogP contribution in [0.25, 0.3) is 21.9 Å². The van der Waals surface area contributed by atoms with E-state index in [1.807, 2.05) is 18.3 Å². The van der Waals surface area contributed by atoms with Crippen LogP contribution < -0.4 is 0 Å². The summed E-state index contributed by atoms with van der Waals surface area (Å²) in [4.78, 5) is 17.3. The summed E-state index contributed by atoms with van der Waals surface area (Å²) >= 11 is 0. The van der Waals surface area contributed by atoms with E-state index in [0.29, 0.717) is 24.4 Å². The molecule has 0 saturated heterocycles. The number of hydrogen-bond acceptors (Lipinski definition) is 4. The van der Waals surface area contributed by atoms with Crippen LogP contribution in [0.4, 0.5) is 4.39 Å². The second kappa shape index (κ2) is 8.25. The highest BCUT2D eigenvalue weighted by Gasteiger charge is 2.29. The zero-order valence-corrected chi connectivity index (χ0v) is 18.7. The topological polar surface area (TPSA) is 63.2 Å². The van der Waals surface area contributed by atoms with Crippen molar-refractivity contribution in [2.75, 3.05) is 13.2 Å². The molecule has 3 heterocycles. The molecule has 33 heavy (non-hydrogen) atoms. The molecule has 6 rings (SSSR count). The normalized spacial score (nSPS) is 21.8. The lowest BCUT2D eigenvalue weighted by molar-refractivity contribution is 0.286. The molecular formula is C27H27FN4O. The summed E-state index contributed by atoms with van der Waals surface area (Å²) in [6, 6.07) is 13.2. The van der Waals surface area contributed by atoms with E-state index in [4.69, 9.17) is 9.72 Å². The maximum atomic E-state index is 13.9. The molecule has 0 spiro atoms. The Morgan fingerprint density at radius 1 is 1.03 bits per heavy atom. The molecule has 2 aromatic heterocycles. The number of aromatic amines is 1. The van der Waals surface area contributed by atoms with Crippen LogP contribution in [0.2, 0.25) is 0 Å². The van der Waals surface area contributed by atoms with Crippen LogP contribution >= 0.6 is 0 Å². The van der Waals surface area contributed by atoms with E-state index in [0.717, 1.165) is 71.4 Å². The molecule has 1 atom stereocenters. The predicted molar refractivity (Wildman–Crippen MR) is 128 cm³/mol. The minimum absolute atomic E-state index is 0.196.